The van der Waals surface area contributed by atoms with E-state index in [1.807, 2.05) is 24.3 Å². The molecule has 1 aromatic carbocycles. The van der Waals surface area contributed by atoms with Crippen LogP contribution in [0.15, 0.2) is 28.7 Å². The van der Waals surface area contributed by atoms with Gasteiger partial charge in [0.1, 0.15) is 5.58 Å². The minimum absolute atomic E-state index is 0.170. The highest BCUT2D eigenvalue weighted by Gasteiger charge is 2.19. The number of amides is 1. The van der Waals surface area contributed by atoms with Gasteiger partial charge in [0.25, 0.3) is 5.91 Å². The van der Waals surface area contributed by atoms with Crippen LogP contribution in [0.1, 0.15) is 35.9 Å². The van der Waals surface area contributed by atoms with E-state index in [1.54, 1.807) is 7.11 Å². The van der Waals surface area contributed by atoms with Gasteiger partial charge in [-0.05, 0) is 12.5 Å². The summed E-state index contributed by atoms with van der Waals surface area (Å²) < 4.78 is 10.8. The second-order valence-corrected chi connectivity index (χ2v) is 4.45. The summed E-state index contributed by atoms with van der Waals surface area (Å²) in [6.45, 7) is 3.12. The summed E-state index contributed by atoms with van der Waals surface area (Å²) in [5.41, 5.74) is 1.53. The summed E-state index contributed by atoms with van der Waals surface area (Å²) in [6.07, 6.45) is 2.01. The number of carbonyl (C=O) groups excluding carboxylic acids is 1. The van der Waals surface area contributed by atoms with E-state index in [-0.39, 0.29) is 5.91 Å². The van der Waals surface area contributed by atoms with Gasteiger partial charge >= 0.3 is 0 Å². The standard InChI is InChI=1S/C15H19NO3/c1-3-4-9-16-15(17)14-12(10-18-2)11-7-5-6-8-13(11)19-14/h5-8H,3-4,9-10H2,1-2H3,(H,16,17). The van der Waals surface area contributed by atoms with Gasteiger partial charge in [-0.1, -0.05) is 31.5 Å². The topological polar surface area (TPSA) is 51.5 Å². The van der Waals surface area contributed by atoms with Gasteiger partial charge in [0.05, 0.1) is 6.61 Å². The molecule has 0 aliphatic rings. The van der Waals surface area contributed by atoms with Crippen LogP contribution in [0.3, 0.4) is 0 Å². The molecule has 0 aliphatic carbocycles. The van der Waals surface area contributed by atoms with Crippen LogP contribution in [0.2, 0.25) is 0 Å². The summed E-state index contributed by atoms with van der Waals surface area (Å²) in [5.74, 6) is 0.191. The van der Waals surface area contributed by atoms with Crippen LogP contribution in [-0.2, 0) is 11.3 Å². The molecule has 0 atom stereocenters. The van der Waals surface area contributed by atoms with E-state index in [0.717, 1.165) is 29.4 Å². The van der Waals surface area contributed by atoms with E-state index in [9.17, 15) is 4.79 Å². The second kappa shape index (κ2) is 6.38. The number of para-hydroxylation sites is 1. The van der Waals surface area contributed by atoms with E-state index in [1.165, 1.54) is 0 Å². The first-order valence-corrected chi connectivity index (χ1v) is 6.55. The molecule has 0 bridgehead atoms. The van der Waals surface area contributed by atoms with Crippen LogP contribution in [0, 0.1) is 0 Å². The van der Waals surface area contributed by atoms with Gasteiger partial charge in [-0.25, -0.2) is 0 Å². The maximum absolute atomic E-state index is 12.1. The fraction of sp³-hybridized carbons (Fsp3) is 0.400. The molecule has 0 spiro atoms. The van der Waals surface area contributed by atoms with Crippen LogP contribution in [0.5, 0.6) is 0 Å². The number of unbranched alkanes of at least 4 members (excludes halogenated alkanes) is 1. The molecule has 1 aromatic heterocycles. The Bertz CT molecular complexity index is 560. The molecule has 2 aromatic rings. The van der Waals surface area contributed by atoms with E-state index < -0.39 is 0 Å². The van der Waals surface area contributed by atoms with E-state index in [4.69, 9.17) is 9.15 Å². The first-order chi connectivity index (χ1) is 9.27. The fourth-order valence-electron chi connectivity index (χ4n) is 2.03. The highest BCUT2D eigenvalue weighted by atomic mass is 16.5. The largest absolute Gasteiger partial charge is 0.451 e. The van der Waals surface area contributed by atoms with Crippen LogP contribution in [0.25, 0.3) is 11.0 Å². The van der Waals surface area contributed by atoms with E-state index >= 15 is 0 Å². The first kappa shape index (κ1) is 13.6. The number of furan rings is 1. The molecule has 0 saturated carbocycles. The van der Waals surface area contributed by atoms with Crippen molar-refractivity contribution in [3.63, 3.8) is 0 Å². The molecule has 0 aliphatic heterocycles. The lowest BCUT2D eigenvalue weighted by atomic mass is 10.1. The Balaban J connectivity index is 2.30. The van der Waals surface area contributed by atoms with E-state index in [2.05, 4.69) is 12.2 Å². The van der Waals surface area contributed by atoms with Crippen molar-refractivity contribution >= 4 is 16.9 Å². The molecular formula is C15H19NO3. The number of hydrogen-bond acceptors (Lipinski definition) is 3. The number of rotatable bonds is 6. The highest BCUT2D eigenvalue weighted by Crippen LogP contribution is 2.26. The van der Waals surface area contributed by atoms with Crippen molar-refractivity contribution in [3.05, 3.63) is 35.6 Å². The van der Waals surface area contributed by atoms with Gasteiger partial charge in [0.15, 0.2) is 5.76 Å². The van der Waals surface area contributed by atoms with Gasteiger partial charge in [0.2, 0.25) is 0 Å². The zero-order valence-electron chi connectivity index (χ0n) is 11.4. The molecule has 1 heterocycles. The molecule has 2 rings (SSSR count). The zero-order chi connectivity index (χ0) is 13.7. The molecule has 4 heteroatoms. The third-order valence-corrected chi connectivity index (χ3v) is 3.01. The van der Waals surface area contributed by atoms with Crippen molar-refractivity contribution in [2.45, 2.75) is 26.4 Å². The van der Waals surface area contributed by atoms with Crippen LogP contribution in [0.4, 0.5) is 0 Å². The molecule has 0 unspecified atom stereocenters. The Morgan fingerprint density at radius 3 is 2.89 bits per heavy atom. The molecule has 1 amide bonds. The van der Waals surface area contributed by atoms with Crippen LogP contribution >= 0.6 is 0 Å². The number of methoxy groups -OCH3 is 1. The first-order valence-electron chi connectivity index (χ1n) is 6.55. The maximum atomic E-state index is 12.1. The molecule has 1 N–H and O–H groups in total. The normalized spacial score (nSPS) is 10.8. The van der Waals surface area contributed by atoms with Crippen molar-refractivity contribution < 1.29 is 13.9 Å². The predicted octanol–water partition coefficient (Wildman–Crippen LogP) is 3.11. The highest BCUT2D eigenvalue weighted by molar-refractivity contribution is 5.99. The average Bonchev–Trinajstić information content (AvgIpc) is 2.79. The van der Waals surface area contributed by atoms with Crippen molar-refractivity contribution in [3.8, 4) is 0 Å². The van der Waals surface area contributed by atoms with Gasteiger partial charge < -0.3 is 14.5 Å². The van der Waals surface area contributed by atoms with Gasteiger partial charge in [-0.2, -0.15) is 0 Å². The number of nitrogens with one attached hydrogen (secondary N) is 1. The van der Waals surface area contributed by atoms with Gasteiger partial charge in [-0.3, -0.25) is 4.79 Å². The van der Waals surface area contributed by atoms with Crippen molar-refractivity contribution in [2.75, 3.05) is 13.7 Å². The SMILES string of the molecule is CCCCNC(=O)c1oc2ccccc2c1COC. The molecular weight excluding hydrogens is 242 g/mol. The summed E-state index contributed by atoms with van der Waals surface area (Å²) >= 11 is 0. The zero-order valence-corrected chi connectivity index (χ0v) is 11.4. The Labute approximate surface area is 112 Å². The lowest BCUT2D eigenvalue weighted by Gasteiger charge is -2.04. The average molecular weight is 261 g/mol. The maximum Gasteiger partial charge on any atom is 0.287 e. The number of benzene rings is 1. The quantitative estimate of drug-likeness (QED) is 0.813. The minimum atomic E-state index is -0.170. The number of hydrogen-bond donors (Lipinski definition) is 1. The third kappa shape index (κ3) is 2.96. The third-order valence-electron chi connectivity index (χ3n) is 3.01. The Kier molecular flexibility index (Phi) is 4.58. The molecule has 4 nitrogen and oxygen atoms in total. The van der Waals surface area contributed by atoms with Crippen molar-refractivity contribution in [1.29, 1.82) is 0 Å². The summed E-state index contributed by atoms with van der Waals surface area (Å²) in [5, 5.41) is 3.81. The number of fused-ring (bicyclic) bond motifs is 1. The minimum Gasteiger partial charge on any atom is -0.451 e. The number of carbonyl (C=O) groups is 1. The summed E-state index contributed by atoms with van der Waals surface area (Å²) in [7, 11) is 1.61. The predicted molar refractivity (Wildman–Crippen MR) is 74.2 cm³/mol. The monoisotopic (exact) mass is 261 g/mol. The van der Waals surface area contributed by atoms with Crippen molar-refractivity contribution in [2.24, 2.45) is 0 Å². The smallest absolute Gasteiger partial charge is 0.287 e. The second-order valence-electron chi connectivity index (χ2n) is 4.45. The van der Waals surface area contributed by atoms with Gasteiger partial charge in [0, 0.05) is 24.6 Å². The lowest BCUT2D eigenvalue weighted by Crippen LogP contribution is -2.24. The Morgan fingerprint density at radius 2 is 2.16 bits per heavy atom. The van der Waals surface area contributed by atoms with Crippen molar-refractivity contribution in [1.82, 2.24) is 5.32 Å². The number of ether oxygens (including phenoxy) is 1. The summed E-state index contributed by atoms with van der Waals surface area (Å²) in [4.78, 5) is 12.1. The van der Waals surface area contributed by atoms with Crippen LogP contribution < -0.4 is 5.32 Å². The van der Waals surface area contributed by atoms with E-state index in [0.29, 0.717) is 18.9 Å². The lowest BCUT2D eigenvalue weighted by molar-refractivity contribution is 0.0921. The fourth-order valence-corrected chi connectivity index (χ4v) is 2.03. The molecule has 102 valence electrons. The molecule has 0 radical (unpaired) electrons. The van der Waals surface area contributed by atoms with Crippen LogP contribution in [-0.4, -0.2) is 19.6 Å². The van der Waals surface area contributed by atoms with Gasteiger partial charge in [-0.15, -0.1) is 0 Å². The Hall–Kier alpha value is -1.81. The Morgan fingerprint density at radius 1 is 1.37 bits per heavy atom. The molecule has 0 saturated heterocycles. The molecule has 0 fully saturated rings. The molecule has 19 heavy (non-hydrogen) atoms. The summed E-state index contributed by atoms with van der Waals surface area (Å²) in [6, 6.07) is 7.62.